The summed E-state index contributed by atoms with van der Waals surface area (Å²) in [6, 6.07) is 15.5. The van der Waals surface area contributed by atoms with Crippen molar-refractivity contribution >= 4 is 21.7 Å². The smallest absolute Gasteiger partial charge is 0.416 e. The summed E-state index contributed by atoms with van der Waals surface area (Å²) < 4.78 is 72.5. The van der Waals surface area contributed by atoms with Gasteiger partial charge in [0.25, 0.3) is 10.0 Å². The van der Waals surface area contributed by atoms with Crippen molar-refractivity contribution in [1.82, 2.24) is 0 Å². The molecule has 0 amide bonds. The first-order chi connectivity index (χ1) is 16.9. The quantitative estimate of drug-likeness (QED) is 0.347. The van der Waals surface area contributed by atoms with Crippen LogP contribution in [0, 0.1) is 6.92 Å². The van der Waals surface area contributed by atoms with Gasteiger partial charge in [0.1, 0.15) is 5.75 Å². The molecule has 0 spiro atoms. The summed E-state index contributed by atoms with van der Waals surface area (Å²) in [5.41, 5.74) is 1.18. The van der Waals surface area contributed by atoms with Crippen molar-refractivity contribution in [1.29, 1.82) is 0 Å². The average Bonchev–Trinajstić information content (AvgIpc) is 2.83. The number of aryl methyl sites for hydroxylation is 1. The summed E-state index contributed by atoms with van der Waals surface area (Å²) in [5.74, 6) is -0.884. The maximum atomic E-state index is 13.6. The second kappa shape index (κ2) is 11.0. The number of carbonyl (C=O) groups is 1. The Labute approximate surface area is 208 Å². The zero-order valence-corrected chi connectivity index (χ0v) is 20.6. The molecule has 0 unspecified atom stereocenters. The topological polar surface area (TPSA) is 83.9 Å². The highest BCUT2D eigenvalue weighted by atomic mass is 32.2. The van der Waals surface area contributed by atoms with Crippen molar-refractivity contribution in [2.45, 2.75) is 37.8 Å². The number of carboxylic acids is 1. The number of halogens is 3. The fourth-order valence-corrected chi connectivity index (χ4v) is 5.17. The summed E-state index contributed by atoms with van der Waals surface area (Å²) in [6.07, 6.45) is -3.12. The first kappa shape index (κ1) is 27.1. The molecule has 0 saturated carbocycles. The summed E-state index contributed by atoms with van der Waals surface area (Å²) in [4.78, 5) is 10.8. The Morgan fingerprint density at radius 2 is 1.69 bits per heavy atom. The van der Waals surface area contributed by atoms with E-state index in [4.69, 9.17) is 9.84 Å². The van der Waals surface area contributed by atoms with Gasteiger partial charge in [-0.3, -0.25) is 4.31 Å². The maximum Gasteiger partial charge on any atom is 0.416 e. The van der Waals surface area contributed by atoms with E-state index in [1.807, 2.05) is 6.92 Å². The highest BCUT2D eigenvalue weighted by Crippen LogP contribution is 2.33. The van der Waals surface area contributed by atoms with E-state index in [1.54, 1.807) is 31.2 Å². The lowest BCUT2D eigenvalue weighted by atomic mass is 10.0. The highest BCUT2D eigenvalue weighted by Gasteiger charge is 2.30. The maximum absolute atomic E-state index is 13.6. The molecule has 1 N–H and O–H groups in total. The lowest BCUT2D eigenvalue weighted by molar-refractivity contribution is -0.139. The Morgan fingerprint density at radius 3 is 2.28 bits per heavy atom. The molecule has 192 valence electrons. The predicted molar refractivity (Wildman–Crippen MR) is 131 cm³/mol. The number of hydrogen-bond donors (Lipinski definition) is 1. The number of nitrogens with zero attached hydrogens (tertiary/aromatic N) is 1. The molecule has 10 heteroatoms. The summed E-state index contributed by atoms with van der Waals surface area (Å²) >= 11 is 0. The van der Waals surface area contributed by atoms with E-state index in [0.29, 0.717) is 28.8 Å². The van der Waals surface area contributed by atoms with Crippen LogP contribution in [-0.2, 0) is 21.0 Å². The molecule has 0 saturated heterocycles. The monoisotopic (exact) mass is 521 g/mol. The lowest BCUT2D eigenvalue weighted by Gasteiger charge is -2.25. The molecule has 3 aromatic carbocycles. The molecular weight excluding hydrogens is 495 g/mol. The van der Waals surface area contributed by atoms with Crippen molar-refractivity contribution in [3.8, 4) is 16.9 Å². The Hall–Kier alpha value is -3.53. The van der Waals surface area contributed by atoms with Crippen LogP contribution >= 0.6 is 0 Å². The Balaban J connectivity index is 1.97. The molecule has 0 atom stereocenters. The third-order valence-electron chi connectivity index (χ3n) is 5.48. The lowest BCUT2D eigenvalue weighted by Crippen LogP contribution is -2.32. The molecule has 0 bridgehead atoms. The number of ether oxygens (including phenoxy) is 1. The number of carboxylic acid groups (broad SMARTS) is 1. The van der Waals surface area contributed by atoms with Crippen molar-refractivity contribution in [2.24, 2.45) is 0 Å². The molecule has 0 heterocycles. The molecular formula is C26H26F3NO5S. The van der Waals surface area contributed by atoms with Crippen LogP contribution in [0.3, 0.4) is 0 Å². The van der Waals surface area contributed by atoms with Crippen LogP contribution in [0.5, 0.6) is 5.75 Å². The van der Waals surface area contributed by atoms with Crippen molar-refractivity contribution < 1.29 is 36.2 Å². The van der Waals surface area contributed by atoms with Crippen LogP contribution in [-0.4, -0.2) is 32.6 Å². The van der Waals surface area contributed by atoms with E-state index in [0.717, 1.165) is 18.6 Å². The summed E-state index contributed by atoms with van der Waals surface area (Å²) in [6.45, 7) is 3.21. The van der Waals surface area contributed by atoms with Gasteiger partial charge in [0, 0.05) is 6.54 Å². The van der Waals surface area contributed by atoms with Crippen molar-refractivity contribution in [3.63, 3.8) is 0 Å². The van der Waals surface area contributed by atoms with Crippen LogP contribution in [0.15, 0.2) is 71.6 Å². The van der Waals surface area contributed by atoms with Crippen LogP contribution in [0.25, 0.3) is 11.1 Å². The number of rotatable bonds is 10. The van der Waals surface area contributed by atoms with Gasteiger partial charge in [0.2, 0.25) is 0 Å². The van der Waals surface area contributed by atoms with E-state index in [-0.39, 0.29) is 17.2 Å². The minimum absolute atomic E-state index is 0.0127. The molecule has 3 rings (SSSR count). The van der Waals surface area contributed by atoms with Gasteiger partial charge in [-0.15, -0.1) is 0 Å². The normalized spacial score (nSPS) is 11.8. The van der Waals surface area contributed by atoms with Gasteiger partial charge in [-0.25, -0.2) is 13.2 Å². The Morgan fingerprint density at radius 1 is 1.00 bits per heavy atom. The van der Waals surface area contributed by atoms with E-state index >= 15 is 0 Å². The van der Waals surface area contributed by atoms with E-state index < -0.39 is 34.3 Å². The van der Waals surface area contributed by atoms with Gasteiger partial charge in [-0.1, -0.05) is 37.6 Å². The van der Waals surface area contributed by atoms with Crippen LogP contribution in [0.4, 0.5) is 18.9 Å². The molecule has 0 fully saturated rings. The second-order valence-electron chi connectivity index (χ2n) is 8.17. The van der Waals surface area contributed by atoms with E-state index in [1.165, 1.54) is 34.6 Å². The fraction of sp³-hybridized carbons (Fsp3) is 0.269. The minimum atomic E-state index is -4.45. The first-order valence-electron chi connectivity index (χ1n) is 11.2. The highest BCUT2D eigenvalue weighted by molar-refractivity contribution is 7.92. The standard InChI is InChI=1S/C26H26F3NO5S/c1-3-4-14-30(36(33,34)23-12-13-24(18(2)15-23)35-17-25(31)32)22-7-5-6-20(16-22)19-8-10-21(11-9-19)26(27,28)29/h5-13,15-16H,3-4,14,17H2,1-2H3,(H,31,32). The molecule has 0 aliphatic heterocycles. The van der Waals surface area contributed by atoms with E-state index in [2.05, 4.69) is 0 Å². The number of sulfonamides is 1. The predicted octanol–water partition coefficient (Wildman–Crippen LogP) is 6.14. The fourth-order valence-electron chi connectivity index (χ4n) is 3.59. The van der Waals surface area contributed by atoms with Gasteiger partial charge in [-0.05, 0) is 72.5 Å². The molecule has 3 aromatic rings. The minimum Gasteiger partial charge on any atom is -0.482 e. The Kier molecular flexibility index (Phi) is 8.29. The van der Waals surface area contributed by atoms with Crippen molar-refractivity contribution in [2.75, 3.05) is 17.5 Å². The van der Waals surface area contributed by atoms with Gasteiger partial charge in [0.15, 0.2) is 6.61 Å². The second-order valence-corrected chi connectivity index (χ2v) is 10.0. The van der Waals surface area contributed by atoms with E-state index in [9.17, 15) is 26.4 Å². The largest absolute Gasteiger partial charge is 0.482 e. The number of benzene rings is 3. The summed E-state index contributed by atoms with van der Waals surface area (Å²) in [7, 11) is -4.01. The molecule has 0 aromatic heterocycles. The van der Waals surface area contributed by atoms with Crippen LogP contribution < -0.4 is 9.04 Å². The van der Waals surface area contributed by atoms with Gasteiger partial charge >= 0.3 is 12.1 Å². The van der Waals surface area contributed by atoms with Crippen LogP contribution in [0.2, 0.25) is 0 Å². The molecule has 6 nitrogen and oxygen atoms in total. The molecule has 0 radical (unpaired) electrons. The summed E-state index contributed by atoms with van der Waals surface area (Å²) in [5, 5.41) is 8.81. The molecule has 0 aliphatic carbocycles. The zero-order valence-electron chi connectivity index (χ0n) is 19.7. The SMILES string of the molecule is CCCCN(c1cccc(-c2ccc(C(F)(F)F)cc2)c1)S(=O)(=O)c1ccc(OCC(=O)O)c(C)c1. The molecule has 36 heavy (non-hydrogen) atoms. The van der Waals surface area contributed by atoms with Gasteiger partial charge in [0.05, 0.1) is 16.1 Å². The van der Waals surface area contributed by atoms with Gasteiger partial charge < -0.3 is 9.84 Å². The Bertz CT molecular complexity index is 1320. The number of alkyl halides is 3. The molecule has 0 aliphatic rings. The van der Waals surface area contributed by atoms with Crippen LogP contribution in [0.1, 0.15) is 30.9 Å². The van der Waals surface area contributed by atoms with Crippen molar-refractivity contribution in [3.05, 3.63) is 77.9 Å². The van der Waals surface area contributed by atoms with Gasteiger partial charge in [-0.2, -0.15) is 13.2 Å². The third kappa shape index (κ3) is 6.37. The number of unbranched alkanes of at least 4 members (excludes halogenated alkanes) is 1. The first-order valence-corrected chi connectivity index (χ1v) is 12.6. The number of anilines is 1. The number of hydrogen-bond acceptors (Lipinski definition) is 4. The zero-order chi connectivity index (χ0) is 26.5. The third-order valence-corrected chi connectivity index (χ3v) is 7.30. The number of aliphatic carboxylic acids is 1. The average molecular weight is 522 g/mol.